The summed E-state index contributed by atoms with van der Waals surface area (Å²) >= 11 is 0. The van der Waals surface area contributed by atoms with Crippen molar-refractivity contribution >= 4 is 44.9 Å². The number of para-hydroxylation sites is 2. The van der Waals surface area contributed by atoms with Gasteiger partial charge in [-0.1, -0.05) is 189 Å². The van der Waals surface area contributed by atoms with Gasteiger partial charge in [0.25, 0.3) is 0 Å². The predicted octanol–water partition coefficient (Wildman–Crippen LogP) is 17.0. The highest BCUT2D eigenvalue weighted by Gasteiger charge is 2.22. The zero-order valence-corrected chi connectivity index (χ0v) is 36.9. The fourth-order valence-electron chi connectivity index (χ4n) is 9.23. The van der Waals surface area contributed by atoms with Crippen LogP contribution in [0.4, 0.5) is 17.1 Å². The lowest BCUT2D eigenvalue weighted by molar-refractivity contribution is 0.646. The summed E-state index contributed by atoms with van der Waals surface area (Å²) in [6, 6.07) is 78.7. The van der Waals surface area contributed by atoms with Crippen molar-refractivity contribution in [3.63, 3.8) is 0 Å². The average molecular weight is 838 g/mol. The molecule has 1 atom stereocenters. The Labute approximate surface area is 383 Å². The van der Waals surface area contributed by atoms with Gasteiger partial charge in [-0.05, 0) is 120 Å². The Balaban J connectivity index is 1.03. The lowest BCUT2D eigenvalue weighted by Crippen LogP contribution is -2.10. The molecular weight excluding hydrogens is 787 g/mol. The first-order chi connectivity index (χ1) is 32.1. The zero-order chi connectivity index (χ0) is 44.0. The molecule has 314 valence electrons. The van der Waals surface area contributed by atoms with Gasteiger partial charge in [0.2, 0.25) is 0 Å². The number of aromatic nitrogens is 1. The molecule has 9 aromatic rings. The number of hydrogen-bond donors (Lipinski definition) is 0. The predicted molar refractivity (Wildman–Crippen MR) is 277 cm³/mol. The summed E-state index contributed by atoms with van der Waals surface area (Å²) in [5, 5.41) is 1.23. The number of hydrogen-bond acceptors (Lipinski definition) is 2. The summed E-state index contributed by atoms with van der Waals surface area (Å²) < 4.78 is 2.42. The van der Waals surface area contributed by atoms with Gasteiger partial charge in [-0.2, -0.15) is 0 Å². The van der Waals surface area contributed by atoms with Crippen LogP contribution in [0.1, 0.15) is 37.8 Å². The van der Waals surface area contributed by atoms with Crippen molar-refractivity contribution in [3.05, 3.63) is 254 Å². The van der Waals surface area contributed by atoms with Crippen LogP contribution in [-0.4, -0.2) is 10.3 Å². The Morgan fingerprint density at radius 2 is 1.06 bits per heavy atom. The molecule has 0 bridgehead atoms. The SMILES string of the molecule is CCC1\C=C/C=C\C(C)=N/C(c2ccccc2)=C(/c2cccc(N(c3ccccc3)c3ccc(-c4ccc(-n5c(-c6ccccc6)c(-c6ccccc6)c6ccccc65)cc4)cc3)c2)C1. The minimum atomic E-state index is 0.373. The van der Waals surface area contributed by atoms with Crippen molar-refractivity contribution in [1.29, 1.82) is 0 Å². The fraction of sp³-hybridized carbons (Fsp3) is 0.0806. The quantitative estimate of drug-likeness (QED) is 0.134. The molecule has 0 saturated heterocycles. The molecule has 1 aliphatic rings. The van der Waals surface area contributed by atoms with Crippen LogP contribution in [-0.2, 0) is 0 Å². The van der Waals surface area contributed by atoms with Crippen LogP contribution < -0.4 is 4.90 Å². The maximum absolute atomic E-state index is 5.29. The van der Waals surface area contributed by atoms with Crippen LogP contribution in [0.25, 0.3) is 61.4 Å². The lowest BCUT2D eigenvalue weighted by atomic mass is 9.88. The van der Waals surface area contributed by atoms with Gasteiger partial charge in [-0.3, -0.25) is 4.99 Å². The summed E-state index contributed by atoms with van der Waals surface area (Å²) in [5.74, 6) is 0.373. The molecule has 0 fully saturated rings. The van der Waals surface area contributed by atoms with Gasteiger partial charge in [0, 0.05) is 45.0 Å². The topological polar surface area (TPSA) is 20.5 Å². The average Bonchev–Trinajstić information content (AvgIpc) is 3.72. The first-order valence-corrected chi connectivity index (χ1v) is 22.7. The molecule has 2 heterocycles. The number of nitrogens with zero attached hydrogens (tertiary/aromatic N) is 3. The minimum Gasteiger partial charge on any atom is -0.310 e. The lowest BCUT2D eigenvalue weighted by Gasteiger charge is -2.27. The summed E-state index contributed by atoms with van der Waals surface area (Å²) in [7, 11) is 0. The maximum atomic E-state index is 5.29. The number of aliphatic imine (C=N–C) groups is 1. The molecule has 3 heteroatoms. The maximum Gasteiger partial charge on any atom is 0.0743 e. The van der Waals surface area contributed by atoms with E-state index in [9.17, 15) is 0 Å². The molecule has 0 spiro atoms. The summed E-state index contributed by atoms with van der Waals surface area (Å²) in [6.45, 7) is 4.36. The van der Waals surface area contributed by atoms with Gasteiger partial charge in [-0.15, -0.1) is 0 Å². The van der Waals surface area contributed by atoms with Gasteiger partial charge < -0.3 is 9.47 Å². The van der Waals surface area contributed by atoms with E-state index in [1.807, 2.05) is 0 Å². The van der Waals surface area contributed by atoms with Crippen LogP contribution in [0.15, 0.2) is 248 Å². The fourth-order valence-corrected chi connectivity index (χ4v) is 9.23. The molecule has 65 heavy (non-hydrogen) atoms. The molecule has 1 aromatic heterocycles. The Morgan fingerprint density at radius 3 is 1.74 bits per heavy atom. The highest BCUT2D eigenvalue weighted by atomic mass is 15.1. The number of anilines is 3. The van der Waals surface area contributed by atoms with E-state index in [2.05, 4.69) is 266 Å². The van der Waals surface area contributed by atoms with Crippen molar-refractivity contribution in [2.75, 3.05) is 4.90 Å². The van der Waals surface area contributed by atoms with Gasteiger partial charge in [0.15, 0.2) is 0 Å². The van der Waals surface area contributed by atoms with E-state index < -0.39 is 0 Å². The zero-order valence-electron chi connectivity index (χ0n) is 36.9. The Bertz CT molecular complexity index is 3170. The molecule has 0 radical (unpaired) electrons. The number of fused-ring (bicyclic) bond motifs is 1. The summed E-state index contributed by atoms with van der Waals surface area (Å²) in [6.07, 6.45) is 10.7. The number of benzene rings is 8. The van der Waals surface area contributed by atoms with Gasteiger partial charge >= 0.3 is 0 Å². The van der Waals surface area contributed by atoms with Crippen molar-refractivity contribution in [2.45, 2.75) is 26.7 Å². The second-order valence-electron chi connectivity index (χ2n) is 16.7. The van der Waals surface area contributed by atoms with Gasteiger partial charge in [0.05, 0.1) is 16.9 Å². The molecule has 3 nitrogen and oxygen atoms in total. The normalized spacial score (nSPS) is 17.0. The summed E-state index contributed by atoms with van der Waals surface area (Å²) in [4.78, 5) is 7.65. The van der Waals surface area contributed by atoms with E-state index in [-0.39, 0.29) is 0 Å². The van der Waals surface area contributed by atoms with Crippen molar-refractivity contribution in [3.8, 4) is 39.2 Å². The van der Waals surface area contributed by atoms with E-state index >= 15 is 0 Å². The van der Waals surface area contributed by atoms with Crippen molar-refractivity contribution < 1.29 is 0 Å². The smallest absolute Gasteiger partial charge is 0.0743 e. The van der Waals surface area contributed by atoms with Crippen LogP contribution in [0.3, 0.4) is 0 Å². The molecule has 0 amide bonds. The minimum absolute atomic E-state index is 0.373. The van der Waals surface area contributed by atoms with Crippen LogP contribution in [0.5, 0.6) is 0 Å². The van der Waals surface area contributed by atoms with Crippen LogP contribution in [0, 0.1) is 5.92 Å². The molecule has 10 rings (SSSR count). The number of allylic oxidation sites excluding steroid dienone is 5. The van der Waals surface area contributed by atoms with E-state index in [4.69, 9.17) is 4.99 Å². The third-order valence-electron chi connectivity index (χ3n) is 12.5. The highest BCUT2D eigenvalue weighted by Crippen LogP contribution is 2.44. The number of rotatable bonds is 10. The molecular formula is C62H51N3. The Kier molecular flexibility index (Phi) is 11.8. The van der Waals surface area contributed by atoms with Crippen LogP contribution in [0.2, 0.25) is 0 Å². The summed E-state index contributed by atoms with van der Waals surface area (Å²) in [5.41, 5.74) is 18.3. The molecule has 0 aliphatic carbocycles. The first-order valence-electron chi connectivity index (χ1n) is 22.7. The Morgan fingerprint density at radius 1 is 0.508 bits per heavy atom. The van der Waals surface area contributed by atoms with Crippen molar-refractivity contribution in [1.82, 2.24) is 4.57 Å². The second-order valence-corrected chi connectivity index (χ2v) is 16.7. The van der Waals surface area contributed by atoms with E-state index in [0.29, 0.717) is 5.92 Å². The molecule has 1 unspecified atom stereocenters. The molecule has 1 aliphatic heterocycles. The monoisotopic (exact) mass is 837 g/mol. The molecule has 0 N–H and O–H groups in total. The molecule has 0 saturated carbocycles. The Hall–Kier alpha value is -8.01. The van der Waals surface area contributed by atoms with Gasteiger partial charge in [0.1, 0.15) is 0 Å². The highest BCUT2D eigenvalue weighted by molar-refractivity contribution is 6.06. The third-order valence-corrected chi connectivity index (χ3v) is 12.5. The second kappa shape index (κ2) is 18.8. The standard InChI is InChI=1S/C62H51N3/c1-3-46-22-17-16-21-45(2)63-61(50-25-10-5-11-26-50)58(43-46)52-29-20-32-56(44-52)64(53-30-14-7-15-31-53)54-39-35-47(36-40-54)48-37-41-55(42-38-48)65-59-34-19-18-33-57(59)60(49-23-8-4-9-24-49)62(65)51-27-12-6-13-28-51/h4-42,44,46H,3,43H2,1-2H3/b21-16-,22-17-,61-58+,63-45-. The van der Waals surface area contributed by atoms with E-state index in [1.165, 1.54) is 44.4 Å². The largest absolute Gasteiger partial charge is 0.310 e. The molecule has 8 aromatic carbocycles. The first kappa shape index (κ1) is 41.0. The third kappa shape index (κ3) is 8.57. The van der Waals surface area contributed by atoms with Crippen molar-refractivity contribution in [2.24, 2.45) is 10.9 Å². The van der Waals surface area contributed by atoms with E-state index in [1.54, 1.807) is 0 Å². The van der Waals surface area contributed by atoms with Crippen LogP contribution >= 0.6 is 0 Å². The van der Waals surface area contributed by atoms with Gasteiger partial charge in [-0.25, -0.2) is 0 Å². The van der Waals surface area contributed by atoms with E-state index in [0.717, 1.165) is 63.7 Å².